The van der Waals surface area contributed by atoms with Crippen LogP contribution in [-0.2, 0) is 0 Å². The van der Waals surface area contributed by atoms with E-state index in [-0.39, 0.29) is 0 Å². The topological polar surface area (TPSA) is 52.3 Å². The molecule has 0 aliphatic rings. The summed E-state index contributed by atoms with van der Waals surface area (Å²) < 4.78 is 5.18. The van der Waals surface area contributed by atoms with Crippen LogP contribution < -0.4 is 4.74 Å². The average molecular weight is 202 g/mol. The normalized spacial score (nSPS) is 10.7. The number of methoxy groups -OCH3 is 1. The molecule has 0 atom stereocenters. The van der Waals surface area contributed by atoms with Gasteiger partial charge in [-0.25, -0.2) is 4.98 Å². The van der Waals surface area contributed by atoms with E-state index in [1.165, 1.54) is 17.4 Å². The molecule has 0 amide bonds. The smallest absolute Gasteiger partial charge is 0.139 e. The molecule has 0 fully saturated rings. The zero-order valence-corrected chi connectivity index (χ0v) is 8.24. The fraction of sp³-hybridized carbons (Fsp3) is 0.100. The molecule has 5 heteroatoms. The summed E-state index contributed by atoms with van der Waals surface area (Å²) in [6.45, 7) is 0. The second kappa shape index (κ2) is 4.36. The monoisotopic (exact) mass is 202 g/mol. The van der Waals surface area contributed by atoms with Gasteiger partial charge < -0.3 is 4.74 Å². The Morgan fingerprint density at radius 3 is 3.00 bits per heavy atom. The van der Waals surface area contributed by atoms with Crippen molar-refractivity contribution in [2.24, 2.45) is 5.10 Å². The molecule has 0 N–H and O–H groups in total. The first-order valence-electron chi connectivity index (χ1n) is 4.42. The molecule has 1 aromatic carbocycles. The molecule has 0 saturated heterocycles. The number of benzene rings is 1. The van der Waals surface area contributed by atoms with Crippen molar-refractivity contribution in [3.8, 4) is 5.75 Å². The third-order valence-corrected chi connectivity index (χ3v) is 1.86. The maximum Gasteiger partial charge on any atom is 0.139 e. The first kappa shape index (κ1) is 9.39. The Labute approximate surface area is 87.0 Å². The third kappa shape index (κ3) is 2.19. The molecule has 0 aliphatic heterocycles. The van der Waals surface area contributed by atoms with E-state index in [4.69, 9.17) is 4.74 Å². The molecule has 2 rings (SSSR count). The molecular weight excluding hydrogens is 192 g/mol. The van der Waals surface area contributed by atoms with Gasteiger partial charge >= 0.3 is 0 Å². The van der Waals surface area contributed by atoms with Gasteiger partial charge in [-0.2, -0.15) is 5.10 Å². The van der Waals surface area contributed by atoms with Crippen molar-refractivity contribution in [3.63, 3.8) is 0 Å². The van der Waals surface area contributed by atoms with Crippen LogP contribution >= 0.6 is 0 Å². The van der Waals surface area contributed by atoms with Gasteiger partial charge in [-0.05, 0) is 12.1 Å². The standard InChI is InChI=1S/C10H10N4O/c1-15-10-5-3-2-4-9(10)6-12-14-8-11-7-13-14/h2-8H,1H3/b12-6+. The number of aromatic nitrogens is 3. The van der Waals surface area contributed by atoms with Crippen LogP contribution in [-0.4, -0.2) is 28.2 Å². The zero-order chi connectivity index (χ0) is 10.5. The quantitative estimate of drug-likeness (QED) is 0.702. The number of ether oxygens (including phenoxy) is 1. The SMILES string of the molecule is COc1ccccc1/C=N/n1cncn1. The molecule has 0 radical (unpaired) electrons. The average Bonchev–Trinajstić information content (AvgIpc) is 2.79. The van der Waals surface area contributed by atoms with E-state index < -0.39 is 0 Å². The fourth-order valence-corrected chi connectivity index (χ4v) is 1.16. The van der Waals surface area contributed by atoms with E-state index in [1.807, 2.05) is 24.3 Å². The number of rotatable bonds is 3. The van der Waals surface area contributed by atoms with Gasteiger partial charge in [-0.15, -0.1) is 9.89 Å². The lowest BCUT2D eigenvalue weighted by atomic mass is 10.2. The van der Waals surface area contributed by atoms with E-state index >= 15 is 0 Å². The van der Waals surface area contributed by atoms with Crippen LogP contribution in [0.2, 0.25) is 0 Å². The number of nitrogens with zero attached hydrogens (tertiary/aromatic N) is 4. The van der Waals surface area contributed by atoms with Crippen molar-refractivity contribution in [3.05, 3.63) is 42.5 Å². The number of hydrogen-bond acceptors (Lipinski definition) is 4. The summed E-state index contributed by atoms with van der Waals surface area (Å²) in [7, 11) is 1.63. The molecule has 0 saturated carbocycles. The summed E-state index contributed by atoms with van der Waals surface area (Å²) >= 11 is 0. The predicted molar refractivity (Wildman–Crippen MR) is 56.0 cm³/mol. The Kier molecular flexibility index (Phi) is 2.73. The van der Waals surface area contributed by atoms with Crippen LogP contribution in [0, 0.1) is 0 Å². The minimum Gasteiger partial charge on any atom is -0.496 e. The second-order valence-corrected chi connectivity index (χ2v) is 2.80. The molecule has 0 unspecified atom stereocenters. The van der Waals surface area contributed by atoms with Crippen molar-refractivity contribution in [2.45, 2.75) is 0 Å². The summed E-state index contributed by atoms with van der Waals surface area (Å²) in [5, 5.41) is 7.94. The number of para-hydroxylation sites is 1. The maximum absolute atomic E-state index is 5.18. The van der Waals surface area contributed by atoms with Crippen LogP contribution in [0.4, 0.5) is 0 Å². The third-order valence-electron chi connectivity index (χ3n) is 1.86. The molecule has 1 heterocycles. The first-order valence-corrected chi connectivity index (χ1v) is 4.42. The van der Waals surface area contributed by atoms with E-state index in [1.54, 1.807) is 13.3 Å². The molecule has 0 spiro atoms. The molecule has 15 heavy (non-hydrogen) atoms. The van der Waals surface area contributed by atoms with Crippen LogP contribution in [0.5, 0.6) is 5.75 Å². The molecule has 0 bridgehead atoms. The molecular formula is C10H10N4O. The van der Waals surface area contributed by atoms with E-state index in [2.05, 4.69) is 15.2 Å². The van der Waals surface area contributed by atoms with Crippen LogP contribution in [0.1, 0.15) is 5.56 Å². The van der Waals surface area contributed by atoms with E-state index in [9.17, 15) is 0 Å². The Balaban J connectivity index is 2.24. The van der Waals surface area contributed by atoms with Gasteiger partial charge in [0.2, 0.25) is 0 Å². The Morgan fingerprint density at radius 2 is 2.27 bits per heavy atom. The van der Waals surface area contributed by atoms with Gasteiger partial charge in [0.05, 0.1) is 13.3 Å². The fourth-order valence-electron chi connectivity index (χ4n) is 1.16. The molecule has 5 nitrogen and oxygen atoms in total. The van der Waals surface area contributed by atoms with Gasteiger partial charge in [0.1, 0.15) is 18.4 Å². The van der Waals surface area contributed by atoms with Gasteiger partial charge in [0, 0.05) is 5.56 Å². The molecule has 1 aromatic heterocycles. The minimum atomic E-state index is 0.779. The van der Waals surface area contributed by atoms with E-state index in [0.29, 0.717) is 0 Å². The van der Waals surface area contributed by atoms with Gasteiger partial charge in [-0.1, -0.05) is 12.1 Å². The highest BCUT2D eigenvalue weighted by molar-refractivity contribution is 5.83. The minimum absolute atomic E-state index is 0.779. The molecule has 2 aromatic rings. The van der Waals surface area contributed by atoms with Crippen molar-refractivity contribution in [2.75, 3.05) is 7.11 Å². The summed E-state index contributed by atoms with van der Waals surface area (Å²) in [4.78, 5) is 5.17. The summed E-state index contributed by atoms with van der Waals surface area (Å²) in [6, 6.07) is 7.62. The lowest BCUT2D eigenvalue weighted by Crippen LogP contribution is -1.93. The number of hydrogen-bond donors (Lipinski definition) is 0. The Morgan fingerprint density at radius 1 is 1.40 bits per heavy atom. The van der Waals surface area contributed by atoms with E-state index in [0.717, 1.165) is 11.3 Å². The van der Waals surface area contributed by atoms with Crippen LogP contribution in [0.15, 0.2) is 42.0 Å². The summed E-state index contributed by atoms with van der Waals surface area (Å²) in [5.41, 5.74) is 0.899. The molecule has 76 valence electrons. The maximum atomic E-state index is 5.18. The van der Waals surface area contributed by atoms with Gasteiger partial charge in [-0.3, -0.25) is 0 Å². The molecule has 0 aliphatic carbocycles. The summed E-state index contributed by atoms with van der Waals surface area (Å²) in [6.07, 6.45) is 4.62. The predicted octanol–water partition coefficient (Wildman–Crippen LogP) is 1.17. The van der Waals surface area contributed by atoms with Crippen LogP contribution in [0.3, 0.4) is 0 Å². The zero-order valence-electron chi connectivity index (χ0n) is 8.24. The Bertz CT molecular complexity index is 450. The highest BCUT2D eigenvalue weighted by Crippen LogP contribution is 2.14. The van der Waals surface area contributed by atoms with Crippen LogP contribution in [0.25, 0.3) is 0 Å². The van der Waals surface area contributed by atoms with Crippen molar-refractivity contribution >= 4 is 6.21 Å². The van der Waals surface area contributed by atoms with Gasteiger partial charge in [0.15, 0.2) is 0 Å². The Hall–Kier alpha value is -2.17. The summed E-state index contributed by atoms with van der Waals surface area (Å²) in [5.74, 6) is 0.779. The van der Waals surface area contributed by atoms with Crippen molar-refractivity contribution in [1.82, 2.24) is 14.9 Å². The van der Waals surface area contributed by atoms with Crippen molar-refractivity contribution in [1.29, 1.82) is 0 Å². The largest absolute Gasteiger partial charge is 0.496 e. The van der Waals surface area contributed by atoms with Crippen molar-refractivity contribution < 1.29 is 4.74 Å². The van der Waals surface area contributed by atoms with Gasteiger partial charge in [0.25, 0.3) is 0 Å². The highest BCUT2D eigenvalue weighted by atomic mass is 16.5. The second-order valence-electron chi connectivity index (χ2n) is 2.80. The first-order chi connectivity index (χ1) is 7.40. The lowest BCUT2D eigenvalue weighted by Gasteiger charge is -2.02. The highest BCUT2D eigenvalue weighted by Gasteiger charge is 1.97. The lowest BCUT2D eigenvalue weighted by molar-refractivity contribution is 0.414.